The SMILES string of the molecule is CC/C=C\C/C=C\C/C=C\C/C=C\C/C=C\CCCCCCCCCCCCCCCCCCCC(=O)NC(COC1OC(CO)C(O)C(O)C1O)C(O)CCCCCCCCCC. The minimum Gasteiger partial charge on any atom is -0.394 e. The molecule has 0 aromatic heterocycles. The molecule has 1 aliphatic heterocycles. The Morgan fingerprint density at radius 2 is 0.969 bits per heavy atom. The van der Waals surface area contributed by atoms with E-state index < -0.39 is 49.5 Å². The molecule has 0 spiro atoms. The van der Waals surface area contributed by atoms with Crippen molar-refractivity contribution >= 4 is 5.91 Å². The summed E-state index contributed by atoms with van der Waals surface area (Å²) in [4.78, 5) is 13.0. The molecule has 1 amide bonds. The van der Waals surface area contributed by atoms with Crippen molar-refractivity contribution in [2.75, 3.05) is 13.2 Å². The first-order valence-electron chi connectivity index (χ1n) is 26.5. The first-order valence-corrected chi connectivity index (χ1v) is 26.5. The Morgan fingerprint density at radius 3 is 1.44 bits per heavy atom. The maximum Gasteiger partial charge on any atom is 0.220 e. The molecule has 64 heavy (non-hydrogen) atoms. The minimum absolute atomic E-state index is 0.138. The summed E-state index contributed by atoms with van der Waals surface area (Å²) in [5.74, 6) is -0.148. The molecular formula is C55H99NO8. The molecule has 0 aromatic rings. The maximum absolute atomic E-state index is 13.0. The van der Waals surface area contributed by atoms with Gasteiger partial charge in [-0.15, -0.1) is 0 Å². The van der Waals surface area contributed by atoms with Crippen LogP contribution in [0.2, 0.25) is 0 Å². The molecule has 0 aromatic carbocycles. The van der Waals surface area contributed by atoms with E-state index >= 15 is 0 Å². The van der Waals surface area contributed by atoms with Crippen LogP contribution in [0.15, 0.2) is 60.8 Å². The van der Waals surface area contributed by atoms with E-state index in [-0.39, 0.29) is 12.5 Å². The summed E-state index contributed by atoms with van der Waals surface area (Å²) in [6.45, 7) is 3.68. The lowest BCUT2D eigenvalue weighted by molar-refractivity contribution is -0.302. The monoisotopic (exact) mass is 902 g/mol. The Labute approximate surface area is 392 Å². The van der Waals surface area contributed by atoms with Crippen molar-refractivity contribution in [2.45, 2.75) is 269 Å². The molecule has 0 aliphatic carbocycles. The van der Waals surface area contributed by atoms with Crippen molar-refractivity contribution in [1.82, 2.24) is 5.32 Å². The second-order valence-electron chi connectivity index (χ2n) is 18.3. The normalized spacial score (nSPS) is 20.5. The molecule has 0 radical (unpaired) electrons. The lowest BCUT2D eigenvalue weighted by atomic mass is 9.99. The Hall–Kier alpha value is -2.11. The van der Waals surface area contributed by atoms with Gasteiger partial charge in [-0.1, -0.05) is 222 Å². The highest BCUT2D eigenvalue weighted by Gasteiger charge is 2.44. The Bertz CT molecular complexity index is 1180. The number of aliphatic hydroxyl groups excluding tert-OH is 5. The molecule has 7 unspecified atom stereocenters. The van der Waals surface area contributed by atoms with Crippen LogP contribution >= 0.6 is 0 Å². The van der Waals surface area contributed by atoms with E-state index in [0.29, 0.717) is 12.8 Å². The number of aliphatic hydroxyl groups is 5. The zero-order valence-corrected chi connectivity index (χ0v) is 41.0. The lowest BCUT2D eigenvalue weighted by Crippen LogP contribution is -2.60. The zero-order chi connectivity index (χ0) is 46.6. The van der Waals surface area contributed by atoms with E-state index in [0.717, 1.165) is 70.6 Å². The van der Waals surface area contributed by atoms with Crippen LogP contribution in [-0.4, -0.2) is 87.5 Å². The quantitative estimate of drug-likeness (QED) is 0.0262. The number of amides is 1. The average Bonchev–Trinajstić information content (AvgIpc) is 3.29. The standard InChI is InChI=1S/C55H99NO8/c1-3-5-7-9-11-13-14-15-16-17-18-19-20-21-22-23-24-25-26-27-28-29-30-31-32-33-34-35-36-37-39-41-43-45-51(59)56-48(49(58)44-42-40-38-12-10-8-6-4-2)47-63-55-54(62)53(61)52(60)50(46-57)64-55/h5,7,11,13,15-16,18-19,21-22,48-50,52-55,57-58,60-62H,3-4,6,8-10,12,14,17,20,23-47H2,1-2H3,(H,56,59)/b7-5-,13-11-,16-15-,19-18-,22-21-. The summed E-state index contributed by atoms with van der Waals surface area (Å²) >= 11 is 0. The smallest absolute Gasteiger partial charge is 0.220 e. The average molecular weight is 902 g/mol. The maximum atomic E-state index is 13.0. The Kier molecular flexibility index (Phi) is 41.9. The highest BCUT2D eigenvalue weighted by Crippen LogP contribution is 2.23. The minimum atomic E-state index is -1.55. The fourth-order valence-electron chi connectivity index (χ4n) is 8.19. The predicted molar refractivity (Wildman–Crippen MR) is 267 cm³/mol. The number of unbranched alkanes of at least 4 members (excludes halogenated alkanes) is 24. The first kappa shape index (κ1) is 59.9. The highest BCUT2D eigenvalue weighted by atomic mass is 16.7. The van der Waals surface area contributed by atoms with Gasteiger partial charge in [-0.05, 0) is 57.8 Å². The number of ether oxygens (including phenoxy) is 2. The van der Waals surface area contributed by atoms with Crippen LogP contribution in [0.5, 0.6) is 0 Å². The summed E-state index contributed by atoms with van der Waals surface area (Å²) in [5.41, 5.74) is 0. The van der Waals surface area contributed by atoms with E-state index in [4.69, 9.17) is 9.47 Å². The predicted octanol–water partition coefficient (Wildman–Crippen LogP) is 12.3. The van der Waals surface area contributed by atoms with Crippen LogP contribution in [0, 0.1) is 0 Å². The molecular weight excluding hydrogens is 803 g/mol. The number of carbonyl (C=O) groups is 1. The molecule has 1 rings (SSSR count). The van der Waals surface area contributed by atoms with Gasteiger partial charge in [0.05, 0.1) is 25.4 Å². The molecule has 1 saturated heterocycles. The Balaban J connectivity index is 2.07. The van der Waals surface area contributed by atoms with Crippen molar-refractivity contribution in [2.24, 2.45) is 0 Å². The van der Waals surface area contributed by atoms with Gasteiger partial charge in [0.15, 0.2) is 6.29 Å². The summed E-state index contributed by atoms with van der Waals surface area (Å²) in [6.07, 6.45) is 52.7. The number of rotatable bonds is 44. The van der Waals surface area contributed by atoms with Gasteiger partial charge in [0.2, 0.25) is 5.91 Å². The van der Waals surface area contributed by atoms with Crippen molar-refractivity contribution in [3.8, 4) is 0 Å². The molecule has 1 aliphatic rings. The van der Waals surface area contributed by atoms with Crippen LogP contribution in [0.1, 0.15) is 226 Å². The summed E-state index contributed by atoms with van der Waals surface area (Å²) < 4.78 is 11.2. The van der Waals surface area contributed by atoms with Gasteiger partial charge in [-0.25, -0.2) is 0 Å². The number of nitrogens with one attached hydrogen (secondary N) is 1. The second-order valence-corrected chi connectivity index (χ2v) is 18.3. The van der Waals surface area contributed by atoms with Crippen molar-refractivity contribution < 1.29 is 39.8 Å². The summed E-state index contributed by atoms with van der Waals surface area (Å²) in [7, 11) is 0. The number of hydrogen-bond donors (Lipinski definition) is 6. The number of carbonyl (C=O) groups excluding carboxylic acids is 1. The number of hydrogen-bond acceptors (Lipinski definition) is 8. The van der Waals surface area contributed by atoms with Gasteiger partial charge < -0.3 is 40.3 Å². The first-order chi connectivity index (χ1) is 31.3. The van der Waals surface area contributed by atoms with E-state index in [2.05, 4.69) is 79.9 Å². The second kappa shape index (κ2) is 44.7. The molecule has 9 heteroatoms. The summed E-state index contributed by atoms with van der Waals surface area (Å²) in [5, 5.41) is 54.2. The van der Waals surface area contributed by atoms with Crippen molar-refractivity contribution in [1.29, 1.82) is 0 Å². The zero-order valence-electron chi connectivity index (χ0n) is 41.0. The van der Waals surface area contributed by atoms with Gasteiger partial charge in [0, 0.05) is 6.42 Å². The van der Waals surface area contributed by atoms with Gasteiger partial charge in [0.25, 0.3) is 0 Å². The van der Waals surface area contributed by atoms with Gasteiger partial charge in [-0.3, -0.25) is 4.79 Å². The third kappa shape index (κ3) is 34.2. The highest BCUT2D eigenvalue weighted by molar-refractivity contribution is 5.76. The van der Waals surface area contributed by atoms with Crippen molar-refractivity contribution in [3.05, 3.63) is 60.8 Å². The topological polar surface area (TPSA) is 149 Å². The lowest BCUT2D eigenvalue weighted by Gasteiger charge is -2.40. The molecule has 0 bridgehead atoms. The third-order valence-corrected chi connectivity index (χ3v) is 12.4. The molecule has 7 atom stereocenters. The van der Waals surface area contributed by atoms with E-state index in [1.54, 1.807) is 0 Å². The van der Waals surface area contributed by atoms with Gasteiger partial charge in [0.1, 0.15) is 24.4 Å². The third-order valence-electron chi connectivity index (χ3n) is 12.4. The largest absolute Gasteiger partial charge is 0.394 e. The van der Waals surface area contributed by atoms with Crippen LogP contribution in [0.3, 0.4) is 0 Å². The van der Waals surface area contributed by atoms with Gasteiger partial charge in [-0.2, -0.15) is 0 Å². The van der Waals surface area contributed by atoms with Crippen LogP contribution in [0.4, 0.5) is 0 Å². The van der Waals surface area contributed by atoms with E-state index in [1.165, 1.54) is 128 Å². The number of allylic oxidation sites excluding steroid dienone is 10. The molecule has 1 fully saturated rings. The summed E-state index contributed by atoms with van der Waals surface area (Å²) in [6, 6.07) is -0.717. The molecule has 9 nitrogen and oxygen atoms in total. The fraction of sp³-hybridized carbons (Fsp3) is 0.800. The van der Waals surface area contributed by atoms with Crippen molar-refractivity contribution in [3.63, 3.8) is 0 Å². The van der Waals surface area contributed by atoms with Crippen LogP contribution < -0.4 is 5.32 Å². The van der Waals surface area contributed by atoms with E-state index in [1.807, 2.05) is 0 Å². The molecule has 372 valence electrons. The fourth-order valence-corrected chi connectivity index (χ4v) is 8.19. The molecule has 0 saturated carbocycles. The molecule has 6 N–H and O–H groups in total. The van der Waals surface area contributed by atoms with Crippen LogP contribution in [-0.2, 0) is 14.3 Å². The van der Waals surface area contributed by atoms with E-state index in [9.17, 15) is 30.3 Å². The molecule has 1 heterocycles. The Morgan fingerprint density at radius 1 is 0.547 bits per heavy atom. The van der Waals surface area contributed by atoms with Gasteiger partial charge >= 0.3 is 0 Å². The van der Waals surface area contributed by atoms with Crippen LogP contribution in [0.25, 0.3) is 0 Å².